The molecule has 0 saturated heterocycles. The lowest BCUT2D eigenvalue weighted by atomic mass is 10.0. The Morgan fingerprint density at radius 3 is 2.32 bits per heavy atom. The smallest absolute Gasteiger partial charge is 0.205 e. The lowest BCUT2D eigenvalue weighted by Gasteiger charge is -2.21. The Labute approximate surface area is 155 Å². The van der Waals surface area contributed by atoms with Crippen molar-refractivity contribution in [3.63, 3.8) is 0 Å². The van der Waals surface area contributed by atoms with Crippen molar-refractivity contribution < 1.29 is 17.6 Å². The van der Waals surface area contributed by atoms with Crippen LogP contribution in [0.5, 0.6) is 0 Å². The van der Waals surface area contributed by atoms with E-state index in [2.05, 4.69) is 0 Å². The van der Waals surface area contributed by atoms with Gasteiger partial charge in [-0.25, -0.2) is 4.21 Å². The minimum atomic E-state index is -1.86. The third-order valence-electron chi connectivity index (χ3n) is 3.41. The molecule has 0 aliphatic rings. The van der Waals surface area contributed by atoms with Crippen molar-refractivity contribution in [2.45, 2.75) is 64.8 Å². The van der Waals surface area contributed by atoms with Crippen LogP contribution >= 0.6 is 0 Å². The molecule has 1 rings (SSSR count). The first kappa shape index (κ1) is 22.0. The Hall–Kier alpha value is -1.08. The van der Waals surface area contributed by atoms with E-state index in [-0.39, 0.29) is 17.1 Å². The molecular formula is C19H30O4SSi. The normalized spacial score (nSPS) is 16.3. The highest BCUT2D eigenvalue weighted by atomic mass is 32.2. The standard InChI is InChI=1S/C19H30O4SSi/c1-15(12-17(3)24(21)23-25(4,5)6)19(13-16(2)20)22-14-18-10-8-7-9-11-18/h7-12,17,19H,13-14H2,1-6H3/b15-12+/t17-,19+,24?/m0/s1. The summed E-state index contributed by atoms with van der Waals surface area (Å²) >= 11 is -1.38. The van der Waals surface area contributed by atoms with Crippen molar-refractivity contribution in [2.75, 3.05) is 0 Å². The average Bonchev–Trinajstić information content (AvgIpc) is 2.50. The Morgan fingerprint density at radius 1 is 1.20 bits per heavy atom. The summed E-state index contributed by atoms with van der Waals surface area (Å²) < 4.78 is 23.9. The van der Waals surface area contributed by atoms with E-state index in [9.17, 15) is 9.00 Å². The van der Waals surface area contributed by atoms with Crippen LogP contribution in [0.3, 0.4) is 0 Å². The first-order valence-corrected chi connectivity index (χ1v) is 13.1. The van der Waals surface area contributed by atoms with Crippen molar-refractivity contribution in [3.8, 4) is 0 Å². The number of ether oxygens (including phenoxy) is 1. The molecule has 0 fully saturated rings. The Bertz CT molecular complexity index is 608. The van der Waals surface area contributed by atoms with Gasteiger partial charge in [-0.1, -0.05) is 36.4 Å². The fourth-order valence-corrected chi connectivity index (χ4v) is 5.14. The zero-order valence-corrected chi connectivity index (χ0v) is 17.9. The number of ketones is 1. The van der Waals surface area contributed by atoms with Crippen molar-refractivity contribution in [2.24, 2.45) is 0 Å². The lowest BCUT2D eigenvalue weighted by Crippen LogP contribution is -2.30. The van der Waals surface area contributed by atoms with Crippen LogP contribution in [0.25, 0.3) is 0 Å². The highest BCUT2D eigenvalue weighted by Crippen LogP contribution is 2.18. The number of hydrogen-bond donors (Lipinski definition) is 0. The number of rotatable bonds is 10. The van der Waals surface area contributed by atoms with Crippen molar-refractivity contribution in [1.29, 1.82) is 0 Å². The molecule has 0 N–H and O–H groups in total. The summed E-state index contributed by atoms with van der Waals surface area (Å²) in [4.78, 5) is 11.6. The van der Waals surface area contributed by atoms with Crippen LogP contribution in [-0.2, 0) is 31.1 Å². The highest BCUT2D eigenvalue weighted by Gasteiger charge is 2.23. The van der Waals surface area contributed by atoms with E-state index >= 15 is 0 Å². The van der Waals surface area contributed by atoms with Crippen LogP contribution in [0.1, 0.15) is 32.8 Å². The second-order valence-corrected chi connectivity index (χ2v) is 13.4. The van der Waals surface area contributed by atoms with Gasteiger partial charge in [0.2, 0.25) is 8.32 Å². The predicted molar refractivity (Wildman–Crippen MR) is 106 cm³/mol. The van der Waals surface area contributed by atoms with Crippen LogP contribution in [0, 0.1) is 0 Å². The second-order valence-electron chi connectivity index (χ2n) is 7.26. The molecule has 0 amide bonds. The molecule has 1 aromatic carbocycles. The van der Waals surface area contributed by atoms with E-state index in [1.165, 1.54) is 0 Å². The van der Waals surface area contributed by atoms with Crippen LogP contribution in [0.15, 0.2) is 42.0 Å². The molecule has 140 valence electrons. The molecule has 1 unspecified atom stereocenters. The van der Waals surface area contributed by atoms with Gasteiger partial charge >= 0.3 is 0 Å². The topological polar surface area (TPSA) is 52.6 Å². The third-order valence-corrected chi connectivity index (χ3v) is 6.81. The van der Waals surface area contributed by atoms with E-state index in [1.807, 2.05) is 69.9 Å². The summed E-state index contributed by atoms with van der Waals surface area (Å²) in [7, 11) is -1.86. The molecule has 0 aliphatic heterocycles. The fourth-order valence-electron chi connectivity index (χ4n) is 2.24. The zero-order chi connectivity index (χ0) is 19.0. The summed E-state index contributed by atoms with van der Waals surface area (Å²) in [6.45, 7) is 11.8. The maximum atomic E-state index is 12.3. The Kier molecular flexibility index (Phi) is 8.92. The lowest BCUT2D eigenvalue weighted by molar-refractivity contribution is -0.119. The molecule has 0 heterocycles. The number of carbonyl (C=O) groups is 1. The summed E-state index contributed by atoms with van der Waals surface area (Å²) in [5.41, 5.74) is 1.97. The summed E-state index contributed by atoms with van der Waals surface area (Å²) in [5.74, 6) is 0.0675. The molecule has 0 radical (unpaired) electrons. The van der Waals surface area contributed by atoms with Gasteiger partial charge in [-0.15, -0.1) is 0 Å². The molecule has 0 saturated carbocycles. The van der Waals surface area contributed by atoms with Crippen LogP contribution in [0.4, 0.5) is 0 Å². The summed E-state index contributed by atoms with van der Waals surface area (Å²) in [6.07, 6.45) is 1.89. The van der Waals surface area contributed by atoms with E-state index in [4.69, 9.17) is 8.61 Å². The monoisotopic (exact) mass is 382 g/mol. The molecule has 6 heteroatoms. The summed E-state index contributed by atoms with van der Waals surface area (Å²) in [6, 6.07) is 9.85. The Balaban J connectivity index is 2.78. The van der Waals surface area contributed by atoms with Crippen LogP contribution < -0.4 is 0 Å². The molecule has 0 aromatic heterocycles. The SMILES string of the molecule is CC(=O)C[C@@H](OCc1ccccc1)/C(C)=C/[C@H](C)S(=O)O[Si](C)(C)C. The van der Waals surface area contributed by atoms with E-state index in [1.54, 1.807) is 6.92 Å². The number of hydrogen-bond acceptors (Lipinski definition) is 4. The number of Topliss-reactive ketones (excluding diaryl/α,β-unsaturated/α-hetero) is 1. The molecule has 25 heavy (non-hydrogen) atoms. The highest BCUT2D eigenvalue weighted by molar-refractivity contribution is 7.82. The van der Waals surface area contributed by atoms with E-state index < -0.39 is 19.4 Å². The largest absolute Gasteiger partial charge is 0.369 e. The van der Waals surface area contributed by atoms with Gasteiger partial charge < -0.3 is 8.61 Å². The first-order chi connectivity index (χ1) is 11.6. The molecule has 0 bridgehead atoms. The molecule has 0 aliphatic carbocycles. The van der Waals surface area contributed by atoms with Crippen LogP contribution in [0.2, 0.25) is 19.6 Å². The molecule has 3 atom stereocenters. The van der Waals surface area contributed by atoms with Gasteiger partial charge in [0.15, 0.2) is 11.1 Å². The van der Waals surface area contributed by atoms with Gasteiger partial charge in [0.1, 0.15) is 5.78 Å². The van der Waals surface area contributed by atoms with E-state index in [0.717, 1.165) is 11.1 Å². The minimum Gasteiger partial charge on any atom is -0.369 e. The summed E-state index contributed by atoms with van der Waals surface area (Å²) in [5, 5.41) is -0.249. The number of carbonyl (C=O) groups excluding carboxylic acids is 1. The van der Waals surface area contributed by atoms with Gasteiger partial charge in [-0.2, -0.15) is 0 Å². The molecule has 4 nitrogen and oxygen atoms in total. The van der Waals surface area contributed by atoms with Gasteiger partial charge in [-0.05, 0) is 51.5 Å². The average molecular weight is 383 g/mol. The first-order valence-electron chi connectivity index (χ1n) is 8.52. The third kappa shape index (κ3) is 9.25. The quantitative estimate of drug-likeness (QED) is 0.444. The van der Waals surface area contributed by atoms with Crippen LogP contribution in [-0.4, -0.2) is 29.7 Å². The van der Waals surface area contributed by atoms with Crippen molar-refractivity contribution >= 4 is 25.2 Å². The molecular weight excluding hydrogens is 352 g/mol. The van der Waals surface area contributed by atoms with Gasteiger partial charge in [-0.3, -0.25) is 4.79 Å². The molecule has 1 aromatic rings. The predicted octanol–water partition coefficient (Wildman–Crippen LogP) is 4.40. The number of benzene rings is 1. The second kappa shape index (κ2) is 10.2. The zero-order valence-electron chi connectivity index (χ0n) is 16.1. The maximum absolute atomic E-state index is 12.3. The van der Waals surface area contributed by atoms with Gasteiger partial charge in [0.25, 0.3) is 0 Å². The molecule has 0 spiro atoms. The van der Waals surface area contributed by atoms with Crippen molar-refractivity contribution in [3.05, 3.63) is 47.5 Å². The van der Waals surface area contributed by atoms with Gasteiger partial charge in [0, 0.05) is 6.42 Å². The van der Waals surface area contributed by atoms with Crippen molar-refractivity contribution in [1.82, 2.24) is 0 Å². The van der Waals surface area contributed by atoms with E-state index in [0.29, 0.717) is 13.0 Å². The maximum Gasteiger partial charge on any atom is 0.205 e. The fraction of sp³-hybridized carbons (Fsp3) is 0.526. The Morgan fingerprint density at radius 2 is 1.80 bits per heavy atom. The minimum absolute atomic E-state index is 0.0675. The van der Waals surface area contributed by atoms with Gasteiger partial charge in [0.05, 0.1) is 18.0 Å².